The fourth-order valence-corrected chi connectivity index (χ4v) is 6.25. The number of allylic oxidation sites excluding steroid dienone is 2. The van der Waals surface area contributed by atoms with E-state index in [0.29, 0.717) is 19.3 Å². The molecule has 3 heterocycles. The Morgan fingerprint density at radius 2 is 2.07 bits per heavy atom. The predicted molar refractivity (Wildman–Crippen MR) is 96.7 cm³/mol. The minimum Gasteiger partial charge on any atom is -0.459 e. The number of aliphatic hydroxyl groups excluding tert-OH is 1. The van der Waals surface area contributed by atoms with E-state index in [9.17, 15) is 15.2 Å². The third-order valence-electron chi connectivity index (χ3n) is 7.83. The van der Waals surface area contributed by atoms with Crippen LogP contribution in [-0.2, 0) is 23.9 Å². The number of fused-ring (bicyclic) bond motifs is 3. The molecule has 28 heavy (non-hydrogen) atoms. The molecule has 7 nitrogen and oxygen atoms in total. The average Bonchev–Trinajstić information content (AvgIpc) is 3.14. The third kappa shape index (κ3) is 2.57. The molecule has 8 atom stereocenters. The summed E-state index contributed by atoms with van der Waals surface area (Å²) in [4.78, 5) is 17.8. The number of carbonyl (C=O) groups is 1. The summed E-state index contributed by atoms with van der Waals surface area (Å²) in [5, 5.41) is 19.5. The highest BCUT2D eigenvalue weighted by Crippen LogP contribution is 2.56. The van der Waals surface area contributed by atoms with Crippen LogP contribution < -0.4 is 0 Å². The highest BCUT2D eigenvalue weighted by molar-refractivity contribution is 5.74. The van der Waals surface area contributed by atoms with Gasteiger partial charge in [-0.3, -0.25) is 4.79 Å². The van der Waals surface area contributed by atoms with E-state index in [1.54, 1.807) is 6.92 Å². The van der Waals surface area contributed by atoms with Gasteiger partial charge in [0.25, 0.3) is 0 Å². The van der Waals surface area contributed by atoms with Crippen molar-refractivity contribution in [3.8, 4) is 0 Å². The van der Waals surface area contributed by atoms with E-state index >= 15 is 0 Å². The lowest BCUT2D eigenvalue weighted by atomic mass is 9.56. The zero-order chi connectivity index (χ0) is 19.7. The van der Waals surface area contributed by atoms with Crippen molar-refractivity contribution in [3.05, 3.63) is 23.3 Å². The number of rotatable bonds is 1. The summed E-state index contributed by atoms with van der Waals surface area (Å²) in [6.45, 7) is 4.28. The maximum Gasteiger partial charge on any atom is 0.309 e. The smallest absolute Gasteiger partial charge is 0.309 e. The summed E-state index contributed by atoms with van der Waals surface area (Å²) in [5.74, 6) is -1.59. The Labute approximate surface area is 164 Å². The second kappa shape index (κ2) is 6.37. The number of hydrogen-bond donors (Lipinski definition) is 2. The van der Waals surface area contributed by atoms with E-state index in [1.807, 2.05) is 0 Å². The van der Waals surface area contributed by atoms with Gasteiger partial charge in [-0.1, -0.05) is 24.6 Å². The topological polar surface area (TPSA) is 94.5 Å². The first-order chi connectivity index (χ1) is 13.4. The normalized spacial score (nSPS) is 50.2. The molecular formula is C21H28O7. The van der Waals surface area contributed by atoms with Crippen molar-refractivity contribution in [2.24, 2.45) is 23.2 Å². The highest BCUT2D eigenvalue weighted by atomic mass is 17.1. The first-order valence-corrected chi connectivity index (χ1v) is 10.3. The van der Waals surface area contributed by atoms with Crippen molar-refractivity contribution < 1.29 is 34.3 Å². The molecule has 7 heteroatoms. The van der Waals surface area contributed by atoms with Gasteiger partial charge >= 0.3 is 5.97 Å². The lowest BCUT2D eigenvalue weighted by Gasteiger charge is -2.49. The Kier molecular flexibility index (Phi) is 4.27. The lowest BCUT2D eigenvalue weighted by molar-refractivity contribution is -0.361. The molecule has 3 aliphatic heterocycles. The Morgan fingerprint density at radius 3 is 2.86 bits per heavy atom. The van der Waals surface area contributed by atoms with Crippen LogP contribution in [0.15, 0.2) is 23.3 Å². The Morgan fingerprint density at radius 1 is 1.25 bits per heavy atom. The summed E-state index contributed by atoms with van der Waals surface area (Å²) in [5.41, 5.74) is 1.90. The maximum absolute atomic E-state index is 13.2. The molecule has 5 aliphatic rings. The molecule has 2 saturated heterocycles. The minimum atomic E-state index is -0.970. The van der Waals surface area contributed by atoms with Crippen molar-refractivity contribution >= 4 is 5.97 Å². The third-order valence-corrected chi connectivity index (χ3v) is 7.83. The molecule has 0 aromatic carbocycles. The summed E-state index contributed by atoms with van der Waals surface area (Å²) in [6, 6.07) is 0. The Balaban J connectivity index is 1.55. The van der Waals surface area contributed by atoms with Gasteiger partial charge in [0.1, 0.15) is 6.10 Å². The molecular weight excluding hydrogens is 364 g/mol. The van der Waals surface area contributed by atoms with Gasteiger partial charge in [-0.2, -0.15) is 0 Å². The molecule has 0 spiro atoms. The van der Waals surface area contributed by atoms with Gasteiger partial charge in [0.15, 0.2) is 5.79 Å². The van der Waals surface area contributed by atoms with Gasteiger partial charge in [-0.15, -0.1) is 0 Å². The van der Waals surface area contributed by atoms with Crippen LogP contribution in [0.3, 0.4) is 0 Å². The largest absolute Gasteiger partial charge is 0.459 e. The molecule has 0 aromatic heterocycles. The van der Waals surface area contributed by atoms with Crippen LogP contribution in [0.2, 0.25) is 0 Å². The van der Waals surface area contributed by atoms with Crippen molar-refractivity contribution in [2.45, 2.75) is 70.2 Å². The van der Waals surface area contributed by atoms with Crippen molar-refractivity contribution in [2.75, 3.05) is 6.61 Å². The van der Waals surface area contributed by atoms with Crippen LogP contribution in [0, 0.1) is 23.2 Å². The van der Waals surface area contributed by atoms with Gasteiger partial charge in [-0.05, 0) is 55.9 Å². The Bertz CT molecular complexity index is 745. The molecule has 154 valence electrons. The fraction of sp³-hybridized carbons (Fsp3) is 0.762. The molecule has 8 unspecified atom stereocenters. The highest BCUT2D eigenvalue weighted by Gasteiger charge is 2.61. The number of aliphatic hydroxyl groups is 1. The molecule has 3 fully saturated rings. The molecule has 5 rings (SSSR count). The van der Waals surface area contributed by atoms with E-state index in [1.165, 1.54) is 5.57 Å². The van der Waals surface area contributed by atoms with Crippen LogP contribution in [0.25, 0.3) is 0 Å². The fourth-order valence-electron chi connectivity index (χ4n) is 6.25. The van der Waals surface area contributed by atoms with Crippen LogP contribution in [0.5, 0.6) is 0 Å². The predicted octanol–water partition coefficient (Wildman–Crippen LogP) is 2.55. The molecule has 0 amide bonds. The standard InChI is InChI=1S/C21H28O7/c1-20-8-7-12(22)9-11(20)3-4-13-15(20)6-5-14-17-16(26-18(13)23)10-25-21(17,2)27-19(14)28-24/h3,5,12-13,15-17,19,22,24H,4,6-10H2,1-2H3. The first kappa shape index (κ1) is 18.8. The van der Waals surface area contributed by atoms with Gasteiger partial charge in [-0.25, -0.2) is 10.1 Å². The second-order valence-electron chi connectivity index (χ2n) is 9.27. The zero-order valence-electron chi connectivity index (χ0n) is 16.3. The van der Waals surface area contributed by atoms with Crippen LogP contribution in [0.4, 0.5) is 0 Å². The van der Waals surface area contributed by atoms with Crippen molar-refractivity contribution in [3.63, 3.8) is 0 Å². The van der Waals surface area contributed by atoms with E-state index in [-0.39, 0.29) is 41.8 Å². The first-order valence-electron chi connectivity index (χ1n) is 10.3. The molecule has 2 aliphatic carbocycles. The van der Waals surface area contributed by atoms with Crippen LogP contribution in [-0.4, -0.2) is 47.2 Å². The molecule has 0 radical (unpaired) electrons. The van der Waals surface area contributed by atoms with E-state index in [2.05, 4.69) is 24.0 Å². The summed E-state index contributed by atoms with van der Waals surface area (Å²) in [7, 11) is 0. The number of hydrogen-bond acceptors (Lipinski definition) is 7. The molecule has 0 bridgehead atoms. The monoisotopic (exact) mass is 392 g/mol. The van der Waals surface area contributed by atoms with Gasteiger partial charge < -0.3 is 19.3 Å². The van der Waals surface area contributed by atoms with Crippen LogP contribution in [0.1, 0.15) is 46.0 Å². The summed E-state index contributed by atoms with van der Waals surface area (Å²) >= 11 is 0. The zero-order valence-corrected chi connectivity index (χ0v) is 16.3. The maximum atomic E-state index is 13.2. The van der Waals surface area contributed by atoms with Gasteiger partial charge in [0.2, 0.25) is 6.29 Å². The molecule has 0 aromatic rings. The lowest BCUT2D eigenvalue weighted by Crippen LogP contribution is -2.45. The van der Waals surface area contributed by atoms with Gasteiger partial charge in [0, 0.05) is 0 Å². The van der Waals surface area contributed by atoms with E-state index in [4.69, 9.17) is 14.2 Å². The summed E-state index contributed by atoms with van der Waals surface area (Å²) in [6.07, 6.45) is 6.12. The number of esters is 1. The molecule has 2 N–H and O–H groups in total. The average molecular weight is 392 g/mol. The van der Waals surface area contributed by atoms with Crippen molar-refractivity contribution in [1.82, 2.24) is 0 Å². The summed E-state index contributed by atoms with van der Waals surface area (Å²) < 4.78 is 17.5. The number of ether oxygens (including phenoxy) is 3. The second-order valence-corrected chi connectivity index (χ2v) is 9.27. The van der Waals surface area contributed by atoms with Crippen LogP contribution >= 0.6 is 0 Å². The minimum absolute atomic E-state index is 0.0749. The van der Waals surface area contributed by atoms with E-state index in [0.717, 1.165) is 18.4 Å². The van der Waals surface area contributed by atoms with E-state index < -0.39 is 18.2 Å². The van der Waals surface area contributed by atoms with Gasteiger partial charge in [0.05, 0.1) is 24.5 Å². The van der Waals surface area contributed by atoms with Crippen molar-refractivity contribution in [1.29, 1.82) is 0 Å². The Hall–Kier alpha value is -1.25. The SMILES string of the molecule is CC12OCC3OC(=O)C4CC=C5CC(O)CCC5(C)C4CC=C(C(OO)O1)C32. The quantitative estimate of drug-likeness (QED) is 0.306. The molecule has 1 saturated carbocycles. The number of carbonyl (C=O) groups excluding carboxylic acids is 1.